The zero-order valence-corrected chi connectivity index (χ0v) is 16.6. The van der Waals surface area contributed by atoms with E-state index in [1.807, 2.05) is 19.1 Å². The molecule has 0 bridgehead atoms. The minimum absolute atomic E-state index is 0.0541. The van der Waals surface area contributed by atoms with Gasteiger partial charge in [-0.25, -0.2) is 9.78 Å². The first kappa shape index (κ1) is 20.0. The number of aromatic carboxylic acids is 1. The molecule has 0 aliphatic heterocycles. The maximum atomic E-state index is 11.6. The van der Waals surface area contributed by atoms with Crippen LogP contribution < -0.4 is 16.4 Å². The Balaban J connectivity index is 1.88. The summed E-state index contributed by atoms with van der Waals surface area (Å²) in [5.41, 5.74) is 8.46. The largest absolute Gasteiger partial charge is 0.476 e. The topological polar surface area (TPSA) is 126 Å². The molecule has 0 spiro atoms. The Morgan fingerprint density at radius 3 is 2.64 bits per heavy atom. The number of carboxylic acids is 1. The molecule has 1 aliphatic rings. The Bertz CT molecular complexity index is 855. The fourth-order valence-corrected chi connectivity index (χ4v) is 3.58. The summed E-state index contributed by atoms with van der Waals surface area (Å²) in [5, 5.41) is 23.8. The number of carboxylic acid groups (broad SMARTS) is 1. The number of rotatable bonds is 6. The Morgan fingerprint density at radius 1 is 1.21 bits per heavy atom. The van der Waals surface area contributed by atoms with Crippen LogP contribution in [0.1, 0.15) is 67.2 Å². The van der Waals surface area contributed by atoms with Crippen LogP contribution in [0.25, 0.3) is 0 Å². The fourth-order valence-electron chi connectivity index (χ4n) is 3.58. The van der Waals surface area contributed by atoms with Gasteiger partial charge in [0.05, 0.1) is 5.69 Å². The molecule has 8 nitrogen and oxygen atoms in total. The highest BCUT2D eigenvalue weighted by atomic mass is 16.4. The highest BCUT2D eigenvalue weighted by Crippen LogP contribution is 2.26. The lowest BCUT2D eigenvalue weighted by atomic mass is 9.91. The normalized spacial score (nSPS) is 19.5. The molecule has 5 N–H and O–H groups in total. The van der Waals surface area contributed by atoms with Crippen LogP contribution in [-0.2, 0) is 0 Å². The molecule has 1 fully saturated rings. The van der Waals surface area contributed by atoms with Gasteiger partial charge in [-0.3, -0.25) is 0 Å². The van der Waals surface area contributed by atoms with E-state index in [1.54, 1.807) is 6.07 Å². The van der Waals surface area contributed by atoms with Crippen molar-refractivity contribution in [2.75, 3.05) is 10.6 Å². The van der Waals surface area contributed by atoms with Gasteiger partial charge < -0.3 is 21.5 Å². The van der Waals surface area contributed by atoms with E-state index in [-0.39, 0.29) is 23.7 Å². The molecule has 0 unspecified atom stereocenters. The summed E-state index contributed by atoms with van der Waals surface area (Å²) >= 11 is 0. The van der Waals surface area contributed by atoms with Gasteiger partial charge >= 0.3 is 5.97 Å². The van der Waals surface area contributed by atoms with E-state index >= 15 is 0 Å². The molecule has 2 atom stereocenters. The molecule has 150 valence electrons. The van der Waals surface area contributed by atoms with Crippen molar-refractivity contribution in [3.8, 4) is 0 Å². The Labute approximate surface area is 165 Å². The van der Waals surface area contributed by atoms with Gasteiger partial charge in [-0.05, 0) is 37.3 Å². The number of hydrogen-bond donors (Lipinski definition) is 4. The average molecular weight is 384 g/mol. The molecule has 1 saturated carbocycles. The summed E-state index contributed by atoms with van der Waals surface area (Å²) in [7, 11) is 0. The molecule has 2 aromatic heterocycles. The lowest BCUT2D eigenvalue weighted by Gasteiger charge is -2.29. The second-order valence-corrected chi connectivity index (χ2v) is 7.67. The number of nitrogens with one attached hydrogen (secondary N) is 2. The third kappa shape index (κ3) is 4.56. The van der Waals surface area contributed by atoms with E-state index in [1.165, 1.54) is 0 Å². The van der Waals surface area contributed by atoms with Gasteiger partial charge in [0.25, 0.3) is 0 Å². The molecule has 2 aromatic rings. The average Bonchev–Trinajstić information content (AvgIpc) is 2.65. The Kier molecular flexibility index (Phi) is 6.08. The van der Waals surface area contributed by atoms with Crippen molar-refractivity contribution in [2.24, 2.45) is 5.73 Å². The third-order valence-corrected chi connectivity index (χ3v) is 5.09. The van der Waals surface area contributed by atoms with Gasteiger partial charge in [0.1, 0.15) is 5.82 Å². The van der Waals surface area contributed by atoms with Gasteiger partial charge in [-0.1, -0.05) is 32.8 Å². The van der Waals surface area contributed by atoms with Crippen LogP contribution in [0.2, 0.25) is 0 Å². The SMILES string of the molecule is Cc1ccc(Nc2cc(N[C@@H]3CCCC[C@@H]3N)nnc2C(=O)O)nc1C(C)C. The number of nitrogens with two attached hydrogens (primary N) is 1. The minimum atomic E-state index is -1.15. The zero-order valence-electron chi connectivity index (χ0n) is 16.6. The Morgan fingerprint density at radius 2 is 1.96 bits per heavy atom. The van der Waals surface area contributed by atoms with Crippen LogP contribution in [-0.4, -0.2) is 38.3 Å². The van der Waals surface area contributed by atoms with E-state index in [0.29, 0.717) is 17.3 Å². The molecular weight excluding hydrogens is 356 g/mol. The second-order valence-electron chi connectivity index (χ2n) is 7.67. The van der Waals surface area contributed by atoms with Crippen LogP contribution >= 0.6 is 0 Å². The highest BCUT2D eigenvalue weighted by molar-refractivity contribution is 5.93. The van der Waals surface area contributed by atoms with E-state index in [4.69, 9.17) is 5.73 Å². The molecule has 28 heavy (non-hydrogen) atoms. The number of aromatic nitrogens is 3. The quantitative estimate of drug-likeness (QED) is 0.597. The van der Waals surface area contributed by atoms with E-state index in [9.17, 15) is 9.90 Å². The van der Waals surface area contributed by atoms with Gasteiger partial charge in [-0.15, -0.1) is 10.2 Å². The summed E-state index contributed by atoms with van der Waals surface area (Å²) in [6, 6.07) is 5.63. The van der Waals surface area contributed by atoms with Crippen LogP contribution in [0, 0.1) is 6.92 Å². The molecule has 2 heterocycles. The summed E-state index contributed by atoms with van der Waals surface area (Å²) in [4.78, 5) is 16.2. The first-order valence-corrected chi connectivity index (χ1v) is 9.73. The minimum Gasteiger partial charge on any atom is -0.476 e. The molecular formula is C20H28N6O2. The second kappa shape index (κ2) is 8.52. The van der Waals surface area contributed by atoms with Crippen LogP contribution in [0.5, 0.6) is 0 Å². The number of hydrogen-bond acceptors (Lipinski definition) is 7. The van der Waals surface area contributed by atoms with Crippen molar-refractivity contribution in [3.63, 3.8) is 0 Å². The molecule has 0 saturated heterocycles. The van der Waals surface area contributed by atoms with Crippen molar-refractivity contribution in [1.82, 2.24) is 15.2 Å². The third-order valence-electron chi connectivity index (χ3n) is 5.09. The molecule has 0 aromatic carbocycles. The summed E-state index contributed by atoms with van der Waals surface area (Å²) in [6.07, 6.45) is 4.17. The first-order chi connectivity index (χ1) is 13.3. The van der Waals surface area contributed by atoms with Crippen LogP contribution in [0.15, 0.2) is 18.2 Å². The first-order valence-electron chi connectivity index (χ1n) is 9.73. The number of pyridine rings is 1. The smallest absolute Gasteiger partial charge is 0.358 e. The highest BCUT2D eigenvalue weighted by Gasteiger charge is 2.23. The summed E-state index contributed by atoms with van der Waals surface area (Å²) in [5.74, 6) is 0.199. The maximum absolute atomic E-state index is 11.6. The van der Waals surface area contributed by atoms with Crippen molar-refractivity contribution in [3.05, 3.63) is 35.2 Å². The molecule has 0 radical (unpaired) electrons. The van der Waals surface area contributed by atoms with Crippen LogP contribution in [0.3, 0.4) is 0 Å². The molecule has 3 rings (SSSR count). The van der Waals surface area contributed by atoms with Gasteiger partial charge in [0, 0.05) is 23.8 Å². The van der Waals surface area contributed by atoms with Gasteiger partial charge in [-0.2, -0.15) is 0 Å². The fraction of sp³-hybridized carbons (Fsp3) is 0.500. The number of nitrogens with zero attached hydrogens (tertiary/aromatic N) is 3. The Hall–Kier alpha value is -2.74. The van der Waals surface area contributed by atoms with E-state index in [2.05, 4.69) is 39.7 Å². The summed E-state index contributed by atoms with van der Waals surface area (Å²) < 4.78 is 0. The van der Waals surface area contributed by atoms with Crippen LogP contribution in [0.4, 0.5) is 17.3 Å². The standard InChI is InChI=1S/C20H28N6O2/c1-11(2)18-12(3)8-9-16(24-18)23-15-10-17(25-26-19(15)20(27)28)22-14-7-5-4-6-13(14)21/h8-11,13-14H,4-7,21H2,1-3H3,(H,27,28)(H2,22,23,24,25)/t13-,14+/m0/s1. The lowest BCUT2D eigenvalue weighted by molar-refractivity contribution is 0.0690. The van der Waals surface area contributed by atoms with E-state index < -0.39 is 5.97 Å². The van der Waals surface area contributed by atoms with Crippen molar-refractivity contribution in [1.29, 1.82) is 0 Å². The van der Waals surface area contributed by atoms with Gasteiger partial charge in [0.2, 0.25) is 0 Å². The number of anilines is 3. The summed E-state index contributed by atoms with van der Waals surface area (Å²) in [6.45, 7) is 6.16. The number of carbonyl (C=O) groups is 1. The number of aryl methyl sites for hydroxylation is 1. The van der Waals surface area contributed by atoms with Gasteiger partial charge in [0.15, 0.2) is 11.5 Å². The monoisotopic (exact) mass is 384 g/mol. The molecule has 1 aliphatic carbocycles. The zero-order chi connectivity index (χ0) is 20.3. The predicted octanol–water partition coefficient (Wildman–Crippen LogP) is 3.43. The molecule has 0 amide bonds. The maximum Gasteiger partial charge on any atom is 0.358 e. The van der Waals surface area contributed by atoms with Crippen molar-refractivity contribution >= 4 is 23.3 Å². The lowest BCUT2D eigenvalue weighted by Crippen LogP contribution is -2.42. The van der Waals surface area contributed by atoms with E-state index in [0.717, 1.165) is 36.9 Å². The predicted molar refractivity (Wildman–Crippen MR) is 109 cm³/mol. The molecule has 8 heteroatoms. The van der Waals surface area contributed by atoms with Crippen molar-refractivity contribution in [2.45, 2.75) is 64.5 Å². The van der Waals surface area contributed by atoms with Crippen molar-refractivity contribution < 1.29 is 9.90 Å².